The van der Waals surface area contributed by atoms with Crippen molar-refractivity contribution in [1.82, 2.24) is 29.1 Å². The first-order valence-electron chi connectivity index (χ1n) is 11.6. The molecular formula is C24H25ClF4N8O2. The van der Waals surface area contributed by atoms with E-state index in [4.69, 9.17) is 17.3 Å². The van der Waals surface area contributed by atoms with Crippen molar-refractivity contribution in [3.05, 3.63) is 75.7 Å². The molecule has 0 fully saturated rings. The number of aliphatic hydroxyl groups excluding tert-OH is 1. The van der Waals surface area contributed by atoms with E-state index in [1.807, 2.05) is 0 Å². The van der Waals surface area contributed by atoms with Gasteiger partial charge in [-0.05, 0) is 50.2 Å². The molecule has 1 atom stereocenters. The van der Waals surface area contributed by atoms with Crippen molar-refractivity contribution < 1.29 is 22.7 Å². The lowest BCUT2D eigenvalue weighted by molar-refractivity contribution is -0.207. The summed E-state index contributed by atoms with van der Waals surface area (Å²) in [5.41, 5.74) is 4.81. The lowest BCUT2D eigenvalue weighted by Crippen LogP contribution is -2.40. The van der Waals surface area contributed by atoms with E-state index in [-0.39, 0.29) is 36.4 Å². The number of anilines is 1. The van der Waals surface area contributed by atoms with Crippen LogP contribution in [0.4, 0.5) is 23.5 Å². The van der Waals surface area contributed by atoms with Crippen molar-refractivity contribution in [2.24, 2.45) is 5.73 Å². The molecule has 4 rings (SSSR count). The Morgan fingerprint density at radius 1 is 1.10 bits per heavy atom. The fraction of sp³-hybridized carbons (Fsp3) is 0.333. The first kappa shape index (κ1) is 28.3. The van der Waals surface area contributed by atoms with Crippen LogP contribution in [0.1, 0.15) is 19.7 Å². The Bertz CT molecular complexity index is 1510. The molecule has 0 saturated heterocycles. The standard InChI is InChI=1S/C24H25ClF4N8O2/c1-23(2,30)13-31-21-32-19(33-37(21)17-6-4-3-5-16(17)26)12-36-22(39)35(11-18(38)24(27,28)29)20(34-36)14-7-9-15(25)10-8-14/h3-10,18,38H,11-13,30H2,1-2H3,(H,31,32,33). The summed E-state index contributed by atoms with van der Waals surface area (Å²) in [6, 6.07) is 11.8. The SMILES string of the molecule is CC(C)(N)CNc1nc(Cn2nc(-c3ccc(Cl)cc3)n(CC(O)C(F)(F)F)c2=O)nn1-c1ccccc1F. The predicted molar refractivity (Wildman–Crippen MR) is 136 cm³/mol. The van der Waals surface area contributed by atoms with Crippen molar-refractivity contribution in [3.8, 4) is 17.1 Å². The molecule has 10 nitrogen and oxygen atoms in total. The van der Waals surface area contributed by atoms with Gasteiger partial charge >= 0.3 is 11.9 Å². The van der Waals surface area contributed by atoms with Gasteiger partial charge in [-0.25, -0.2) is 13.9 Å². The minimum atomic E-state index is -4.96. The first-order chi connectivity index (χ1) is 18.2. The largest absolute Gasteiger partial charge is 0.416 e. The van der Waals surface area contributed by atoms with Crippen molar-refractivity contribution in [2.75, 3.05) is 11.9 Å². The Kier molecular flexibility index (Phi) is 7.82. The zero-order chi connectivity index (χ0) is 28.5. The van der Waals surface area contributed by atoms with Gasteiger partial charge in [-0.1, -0.05) is 23.7 Å². The van der Waals surface area contributed by atoms with Crippen LogP contribution in [0.15, 0.2) is 53.3 Å². The zero-order valence-electron chi connectivity index (χ0n) is 20.8. The van der Waals surface area contributed by atoms with Gasteiger partial charge in [0.15, 0.2) is 17.8 Å². The van der Waals surface area contributed by atoms with Gasteiger partial charge in [0.1, 0.15) is 18.0 Å². The Morgan fingerprint density at radius 3 is 2.38 bits per heavy atom. The summed E-state index contributed by atoms with van der Waals surface area (Å²) >= 11 is 5.92. The molecule has 15 heteroatoms. The summed E-state index contributed by atoms with van der Waals surface area (Å²) in [5, 5.41) is 21.5. The van der Waals surface area contributed by atoms with Crippen LogP contribution >= 0.6 is 11.6 Å². The van der Waals surface area contributed by atoms with E-state index in [0.717, 1.165) is 4.68 Å². The number of nitrogens with one attached hydrogen (secondary N) is 1. The molecule has 0 aliphatic carbocycles. The maximum absolute atomic E-state index is 14.6. The van der Waals surface area contributed by atoms with Gasteiger partial charge in [0.05, 0.1) is 6.54 Å². The quantitative estimate of drug-likeness (QED) is 0.264. The van der Waals surface area contributed by atoms with Crippen LogP contribution < -0.4 is 16.7 Å². The van der Waals surface area contributed by atoms with E-state index in [1.165, 1.54) is 47.1 Å². The number of hydrogen-bond donors (Lipinski definition) is 3. The van der Waals surface area contributed by atoms with Crippen LogP contribution in [0.3, 0.4) is 0 Å². The van der Waals surface area contributed by atoms with Gasteiger partial charge in [0, 0.05) is 22.7 Å². The Hall–Kier alpha value is -3.75. The fourth-order valence-corrected chi connectivity index (χ4v) is 3.69. The van der Waals surface area contributed by atoms with Crippen LogP contribution in [-0.4, -0.2) is 58.6 Å². The van der Waals surface area contributed by atoms with Crippen LogP contribution in [0, 0.1) is 5.82 Å². The third-order valence-corrected chi connectivity index (χ3v) is 5.74. The molecule has 2 aromatic carbocycles. The zero-order valence-corrected chi connectivity index (χ0v) is 21.6. The third kappa shape index (κ3) is 6.64. The molecule has 0 spiro atoms. The molecule has 4 N–H and O–H groups in total. The lowest BCUT2D eigenvalue weighted by Gasteiger charge is -2.19. The molecule has 0 bridgehead atoms. The number of para-hydroxylation sites is 1. The average Bonchev–Trinajstić information content (AvgIpc) is 3.39. The minimum Gasteiger partial charge on any atom is -0.382 e. The molecule has 4 aromatic rings. The van der Waals surface area contributed by atoms with Gasteiger partial charge in [-0.15, -0.1) is 10.2 Å². The Labute approximate surface area is 224 Å². The highest BCUT2D eigenvalue weighted by molar-refractivity contribution is 6.30. The molecule has 39 heavy (non-hydrogen) atoms. The number of aromatic nitrogens is 6. The summed E-state index contributed by atoms with van der Waals surface area (Å²) in [5.74, 6) is -0.568. The van der Waals surface area contributed by atoms with Gasteiger partial charge < -0.3 is 16.2 Å². The summed E-state index contributed by atoms with van der Waals surface area (Å²) in [6.07, 6.45) is -7.77. The second-order valence-electron chi connectivity index (χ2n) is 9.50. The maximum atomic E-state index is 14.6. The average molecular weight is 569 g/mol. The van der Waals surface area contributed by atoms with E-state index >= 15 is 0 Å². The Balaban J connectivity index is 1.76. The topological polar surface area (TPSA) is 129 Å². The maximum Gasteiger partial charge on any atom is 0.416 e. The highest BCUT2D eigenvalue weighted by Crippen LogP contribution is 2.24. The monoisotopic (exact) mass is 568 g/mol. The predicted octanol–water partition coefficient (Wildman–Crippen LogP) is 3.21. The molecular weight excluding hydrogens is 544 g/mol. The number of nitrogens with zero attached hydrogens (tertiary/aromatic N) is 6. The highest BCUT2D eigenvalue weighted by Gasteiger charge is 2.39. The van der Waals surface area contributed by atoms with E-state index in [0.29, 0.717) is 15.2 Å². The van der Waals surface area contributed by atoms with Crippen LogP contribution in [0.25, 0.3) is 17.1 Å². The lowest BCUT2D eigenvalue weighted by atomic mass is 10.1. The van der Waals surface area contributed by atoms with Gasteiger partial charge in [-0.3, -0.25) is 4.57 Å². The summed E-state index contributed by atoms with van der Waals surface area (Å²) in [7, 11) is 0. The van der Waals surface area contributed by atoms with Crippen LogP contribution in [-0.2, 0) is 13.1 Å². The molecule has 208 valence electrons. The van der Waals surface area contributed by atoms with E-state index in [9.17, 15) is 27.5 Å². The fourth-order valence-electron chi connectivity index (χ4n) is 3.57. The van der Waals surface area contributed by atoms with E-state index in [1.54, 1.807) is 19.9 Å². The van der Waals surface area contributed by atoms with Crippen molar-refractivity contribution in [1.29, 1.82) is 0 Å². The van der Waals surface area contributed by atoms with Crippen LogP contribution in [0.5, 0.6) is 0 Å². The molecule has 0 aliphatic rings. The molecule has 0 saturated carbocycles. The number of rotatable bonds is 9. The van der Waals surface area contributed by atoms with E-state index in [2.05, 4.69) is 20.5 Å². The molecule has 0 amide bonds. The molecule has 0 aliphatic heterocycles. The molecule has 1 unspecified atom stereocenters. The molecule has 2 aromatic heterocycles. The van der Waals surface area contributed by atoms with Gasteiger partial charge in [0.2, 0.25) is 5.95 Å². The number of aliphatic hydroxyl groups is 1. The van der Waals surface area contributed by atoms with Crippen molar-refractivity contribution in [3.63, 3.8) is 0 Å². The number of hydrogen-bond acceptors (Lipinski definition) is 7. The smallest absolute Gasteiger partial charge is 0.382 e. The molecule has 2 heterocycles. The second-order valence-corrected chi connectivity index (χ2v) is 9.93. The third-order valence-electron chi connectivity index (χ3n) is 5.48. The summed E-state index contributed by atoms with van der Waals surface area (Å²) in [6.45, 7) is 2.33. The summed E-state index contributed by atoms with van der Waals surface area (Å²) in [4.78, 5) is 17.5. The number of halogens is 5. The molecule has 0 radical (unpaired) electrons. The minimum absolute atomic E-state index is 0.0151. The second kappa shape index (κ2) is 10.8. The Morgan fingerprint density at radius 2 is 1.77 bits per heavy atom. The van der Waals surface area contributed by atoms with Crippen LogP contribution in [0.2, 0.25) is 5.02 Å². The van der Waals surface area contributed by atoms with Crippen molar-refractivity contribution in [2.45, 2.75) is 44.8 Å². The first-order valence-corrected chi connectivity index (χ1v) is 12.0. The number of nitrogens with two attached hydrogens (primary N) is 1. The van der Waals surface area contributed by atoms with Gasteiger partial charge in [-0.2, -0.15) is 22.8 Å². The van der Waals surface area contributed by atoms with Gasteiger partial charge in [0.25, 0.3) is 0 Å². The van der Waals surface area contributed by atoms with E-state index < -0.39 is 35.9 Å². The normalized spacial score (nSPS) is 13.1. The number of alkyl halides is 3. The summed E-state index contributed by atoms with van der Waals surface area (Å²) < 4.78 is 56.7. The van der Waals surface area contributed by atoms with Crippen molar-refractivity contribution >= 4 is 17.5 Å². The number of benzene rings is 2. The highest BCUT2D eigenvalue weighted by atomic mass is 35.5.